The van der Waals surface area contributed by atoms with Gasteiger partial charge in [-0.1, -0.05) is 24.3 Å². The summed E-state index contributed by atoms with van der Waals surface area (Å²) in [6.45, 7) is 1.33. The van der Waals surface area contributed by atoms with Crippen molar-refractivity contribution in [1.29, 1.82) is 0 Å². The summed E-state index contributed by atoms with van der Waals surface area (Å²) >= 11 is 0. The van der Waals surface area contributed by atoms with Crippen LogP contribution in [0.15, 0.2) is 24.3 Å². The molecule has 0 heterocycles. The van der Waals surface area contributed by atoms with Crippen LogP contribution in [0.3, 0.4) is 0 Å². The first kappa shape index (κ1) is 13.6. The summed E-state index contributed by atoms with van der Waals surface area (Å²) < 4.78 is 4.69. The number of carbonyl (C=O) groups excluding carboxylic acids is 1. The smallest absolute Gasteiger partial charge is 0.339 e. The van der Waals surface area contributed by atoms with Gasteiger partial charge in [0.25, 0.3) is 0 Å². The Morgan fingerprint density at radius 3 is 2.41 bits per heavy atom. The molecule has 17 heavy (non-hydrogen) atoms. The van der Waals surface area contributed by atoms with Gasteiger partial charge in [-0.2, -0.15) is 0 Å². The lowest BCUT2D eigenvalue weighted by Gasteiger charge is -2.17. The predicted octanol–water partition coefficient (Wildman–Crippen LogP) is 0.309. The van der Waals surface area contributed by atoms with Crippen molar-refractivity contribution in [2.45, 2.75) is 19.1 Å². The largest absolute Gasteiger partial charge is 0.464 e. The van der Waals surface area contributed by atoms with Crippen LogP contribution in [-0.4, -0.2) is 34.5 Å². The Morgan fingerprint density at radius 1 is 1.29 bits per heavy atom. The van der Waals surface area contributed by atoms with Crippen molar-refractivity contribution in [3.63, 3.8) is 0 Å². The third-order valence-corrected chi connectivity index (χ3v) is 2.33. The molecule has 1 rings (SSSR count). The molecule has 0 aliphatic carbocycles. The van der Waals surface area contributed by atoms with Gasteiger partial charge in [0.2, 0.25) is 0 Å². The lowest BCUT2D eigenvalue weighted by molar-refractivity contribution is -0.153. The van der Waals surface area contributed by atoms with E-state index in [0.717, 1.165) is 0 Å². The Hall–Kier alpha value is -1.43. The van der Waals surface area contributed by atoms with Crippen LogP contribution >= 0.6 is 0 Å². The lowest BCUT2D eigenvalue weighted by Crippen LogP contribution is -2.18. The van der Waals surface area contributed by atoms with Gasteiger partial charge in [0.1, 0.15) is 6.10 Å². The molecule has 5 heteroatoms. The molecule has 0 saturated heterocycles. The van der Waals surface area contributed by atoms with Gasteiger partial charge in [0, 0.05) is 0 Å². The first-order valence-corrected chi connectivity index (χ1v) is 5.34. The fraction of sp³-hybridized carbons (Fsp3) is 0.417. The number of aliphatic hydroxyl groups is 3. The van der Waals surface area contributed by atoms with E-state index in [4.69, 9.17) is 9.84 Å². The van der Waals surface area contributed by atoms with Crippen LogP contribution < -0.4 is 0 Å². The Bertz CT molecular complexity index is 377. The number of aliphatic hydroxyl groups excluding tert-OH is 3. The number of carbonyl (C=O) groups is 1. The van der Waals surface area contributed by atoms with Gasteiger partial charge in [0.15, 0.2) is 6.10 Å². The summed E-state index contributed by atoms with van der Waals surface area (Å²) in [6.07, 6.45) is -2.58. The molecule has 1 aromatic carbocycles. The van der Waals surface area contributed by atoms with E-state index < -0.39 is 24.8 Å². The average Bonchev–Trinajstić information content (AvgIpc) is 2.37. The number of rotatable bonds is 5. The van der Waals surface area contributed by atoms with Crippen molar-refractivity contribution in [2.24, 2.45) is 0 Å². The van der Waals surface area contributed by atoms with E-state index in [0.29, 0.717) is 5.56 Å². The molecule has 0 amide bonds. The molecular formula is C12H16O5. The summed E-state index contributed by atoms with van der Waals surface area (Å²) in [5.41, 5.74) is 0.558. The Morgan fingerprint density at radius 2 is 1.88 bits per heavy atom. The molecule has 0 spiro atoms. The van der Waals surface area contributed by atoms with E-state index in [-0.39, 0.29) is 12.2 Å². The Labute approximate surface area is 99.3 Å². The normalized spacial score (nSPS) is 14.1. The van der Waals surface area contributed by atoms with Crippen molar-refractivity contribution < 1.29 is 24.9 Å². The third kappa shape index (κ3) is 3.26. The van der Waals surface area contributed by atoms with Crippen LogP contribution in [0, 0.1) is 0 Å². The molecule has 0 aromatic heterocycles. The SMILES string of the molecule is CCOC(=O)C(O)c1ccccc1C(O)CO. The molecule has 5 nitrogen and oxygen atoms in total. The van der Waals surface area contributed by atoms with Crippen LogP contribution in [0.5, 0.6) is 0 Å². The maximum absolute atomic E-state index is 11.4. The molecule has 94 valence electrons. The van der Waals surface area contributed by atoms with Crippen LogP contribution in [0.4, 0.5) is 0 Å². The first-order valence-electron chi connectivity index (χ1n) is 5.34. The van der Waals surface area contributed by atoms with Crippen molar-refractivity contribution in [3.05, 3.63) is 35.4 Å². The van der Waals surface area contributed by atoms with E-state index in [9.17, 15) is 15.0 Å². The quantitative estimate of drug-likeness (QED) is 0.645. The summed E-state index contributed by atoms with van der Waals surface area (Å²) in [5, 5.41) is 28.2. The molecule has 2 unspecified atom stereocenters. The molecular weight excluding hydrogens is 224 g/mol. The van der Waals surface area contributed by atoms with Crippen LogP contribution in [0.1, 0.15) is 30.3 Å². The van der Waals surface area contributed by atoms with Gasteiger partial charge in [0.05, 0.1) is 13.2 Å². The molecule has 0 saturated carbocycles. The topological polar surface area (TPSA) is 87.0 Å². The zero-order chi connectivity index (χ0) is 12.8. The highest BCUT2D eigenvalue weighted by Gasteiger charge is 2.23. The van der Waals surface area contributed by atoms with Crippen LogP contribution in [0.2, 0.25) is 0 Å². The second-order valence-corrected chi connectivity index (χ2v) is 3.48. The van der Waals surface area contributed by atoms with E-state index in [2.05, 4.69) is 0 Å². The third-order valence-electron chi connectivity index (χ3n) is 2.33. The maximum atomic E-state index is 11.4. The van der Waals surface area contributed by atoms with Gasteiger partial charge in [-0.25, -0.2) is 4.79 Å². The van der Waals surface area contributed by atoms with Crippen molar-refractivity contribution in [1.82, 2.24) is 0 Å². The number of ether oxygens (including phenoxy) is 1. The van der Waals surface area contributed by atoms with Gasteiger partial charge in [-0.15, -0.1) is 0 Å². The molecule has 0 aliphatic rings. The van der Waals surface area contributed by atoms with Crippen LogP contribution in [-0.2, 0) is 9.53 Å². The minimum absolute atomic E-state index is 0.167. The van der Waals surface area contributed by atoms with Gasteiger partial charge in [-0.05, 0) is 18.1 Å². The minimum Gasteiger partial charge on any atom is -0.464 e. The van der Waals surface area contributed by atoms with Gasteiger partial charge >= 0.3 is 5.97 Å². The fourth-order valence-corrected chi connectivity index (χ4v) is 1.51. The summed E-state index contributed by atoms with van der Waals surface area (Å²) in [4.78, 5) is 11.4. The Kier molecular flexibility index (Phi) is 5.09. The number of hydrogen-bond donors (Lipinski definition) is 3. The predicted molar refractivity (Wildman–Crippen MR) is 60.1 cm³/mol. The highest BCUT2D eigenvalue weighted by molar-refractivity contribution is 5.76. The number of esters is 1. The van der Waals surface area contributed by atoms with E-state index >= 15 is 0 Å². The zero-order valence-electron chi connectivity index (χ0n) is 9.54. The molecule has 0 radical (unpaired) electrons. The highest BCUT2D eigenvalue weighted by Crippen LogP contribution is 2.24. The summed E-state index contributed by atoms with van der Waals surface area (Å²) in [6, 6.07) is 6.33. The molecule has 2 atom stereocenters. The standard InChI is InChI=1S/C12H16O5/c1-2-17-12(16)11(15)9-6-4-3-5-8(9)10(14)7-13/h3-6,10-11,13-15H,2,7H2,1H3. The monoisotopic (exact) mass is 240 g/mol. The number of benzene rings is 1. The number of hydrogen-bond acceptors (Lipinski definition) is 5. The average molecular weight is 240 g/mol. The lowest BCUT2D eigenvalue weighted by atomic mass is 9.98. The zero-order valence-corrected chi connectivity index (χ0v) is 9.54. The van der Waals surface area contributed by atoms with E-state index in [1.165, 1.54) is 6.07 Å². The van der Waals surface area contributed by atoms with E-state index in [1.54, 1.807) is 25.1 Å². The molecule has 0 fully saturated rings. The minimum atomic E-state index is -1.45. The van der Waals surface area contributed by atoms with Crippen molar-refractivity contribution >= 4 is 5.97 Å². The highest BCUT2D eigenvalue weighted by atomic mass is 16.5. The van der Waals surface area contributed by atoms with Crippen molar-refractivity contribution in [3.8, 4) is 0 Å². The van der Waals surface area contributed by atoms with E-state index in [1.807, 2.05) is 0 Å². The second-order valence-electron chi connectivity index (χ2n) is 3.48. The maximum Gasteiger partial charge on any atom is 0.339 e. The molecule has 0 bridgehead atoms. The van der Waals surface area contributed by atoms with Crippen LogP contribution in [0.25, 0.3) is 0 Å². The second kappa shape index (κ2) is 6.34. The molecule has 1 aromatic rings. The molecule has 0 aliphatic heterocycles. The summed E-state index contributed by atoms with van der Waals surface area (Å²) in [5.74, 6) is -0.773. The molecule has 3 N–H and O–H groups in total. The van der Waals surface area contributed by atoms with Gasteiger partial charge in [-0.3, -0.25) is 0 Å². The first-order chi connectivity index (χ1) is 8.11. The Balaban J connectivity index is 3.00. The van der Waals surface area contributed by atoms with Crippen molar-refractivity contribution in [2.75, 3.05) is 13.2 Å². The van der Waals surface area contributed by atoms with Gasteiger partial charge < -0.3 is 20.1 Å². The summed E-state index contributed by atoms with van der Waals surface area (Å²) in [7, 11) is 0. The fourth-order valence-electron chi connectivity index (χ4n) is 1.51.